The second-order valence-electron chi connectivity index (χ2n) is 6.92. The number of urea groups is 1. The van der Waals surface area contributed by atoms with Crippen molar-refractivity contribution in [2.75, 3.05) is 11.9 Å². The zero-order valence-electron chi connectivity index (χ0n) is 14.6. The molecule has 2 amide bonds. The minimum absolute atomic E-state index is 0.222. The number of aromatic nitrogens is 3. The molecule has 0 spiro atoms. The topological polar surface area (TPSA) is 103 Å². The van der Waals surface area contributed by atoms with Crippen molar-refractivity contribution < 1.29 is 9.90 Å². The molecule has 1 saturated carbocycles. The maximum atomic E-state index is 11.9. The van der Waals surface area contributed by atoms with Gasteiger partial charge in [-0.1, -0.05) is 6.92 Å². The van der Waals surface area contributed by atoms with Gasteiger partial charge < -0.3 is 15.7 Å². The van der Waals surface area contributed by atoms with E-state index in [1.807, 2.05) is 31.2 Å². The van der Waals surface area contributed by atoms with Gasteiger partial charge in [-0.05, 0) is 56.4 Å². The first-order valence-electron chi connectivity index (χ1n) is 8.77. The van der Waals surface area contributed by atoms with Gasteiger partial charge in [-0.25, -0.2) is 9.78 Å². The van der Waals surface area contributed by atoms with E-state index in [9.17, 15) is 9.90 Å². The highest BCUT2D eigenvalue weighted by Crippen LogP contribution is 2.38. The Balaban J connectivity index is 1.50. The Morgan fingerprint density at radius 2 is 2.04 bits per heavy atom. The van der Waals surface area contributed by atoms with Crippen molar-refractivity contribution in [3.63, 3.8) is 0 Å². The van der Waals surface area contributed by atoms with Gasteiger partial charge in [-0.15, -0.1) is 0 Å². The number of hydrogen-bond acceptors (Lipinski definition) is 4. The first-order valence-corrected chi connectivity index (χ1v) is 8.77. The van der Waals surface area contributed by atoms with Crippen molar-refractivity contribution in [3.8, 4) is 11.4 Å². The molecule has 0 radical (unpaired) electrons. The number of aromatic amines is 1. The van der Waals surface area contributed by atoms with Gasteiger partial charge in [0.25, 0.3) is 0 Å². The number of anilines is 1. The number of H-pyrrole nitrogens is 1. The summed E-state index contributed by atoms with van der Waals surface area (Å²) >= 11 is 0. The lowest BCUT2D eigenvalue weighted by atomic mass is 10.1. The molecule has 2 atom stereocenters. The number of hydrogen-bond donors (Lipinski definition) is 4. The lowest BCUT2D eigenvalue weighted by Gasteiger charge is -2.14. The number of benzene rings is 1. The fraction of sp³-hybridized carbons (Fsp3) is 0.500. The average molecular weight is 343 g/mol. The normalized spacial score (nSPS) is 16.3. The summed E-state index contributed by atoms with van der Waals surface area (Å²) in [6, 6.07) is 7.21. The molecular weight excluding hydrogens is 318 g/mol. The van der Waals surface area contributed by atoms with Gasteiger partial charge in [-0.2, -0.15) is 5.10 Å². The van der Waals surface area contributed by atoms with Crippen LogP contribution in [-0.4, -0.2) is 39.0 Å². The molecule has 2 aromatic rings. The Labute approximate surface area is 147 Å². The molecule has 1 fully saturated rings. The summed E-state index contributed by atoms with van der Waals surface area (Å²) in [6.45, 7) is 4.27. The summed E-state index contributed by atoms with van der Waals surface area (Å²) in [5.41, 5.74) is 1.63. The van der Waals surface area contributed by atoms with E-state index in [1.54, 1.807) is 6.92 Å². The van der Waals surface area contributed by atoms with E-state index in [1.165, 1.54) is 12.8 Å². The number of rotatable bonds is 7. The minimum Gasteiger partial charge on any atom is -0.393 e. The van der Waals surface area contributed by atoms with Gasteiger partial charge in [0.2, 0.25) is 0 Å². The highest BCUT2D eigenvalue weighted by atomic mass is 16.3. The van der Waals surface area contributed by atoms with Crippen LogP contribution < -0.4 is 10.6 Å². The van der Waals surface area contributed by atoms with Crippen molar-refractivity contribution in [1.29, 1.82) is 0 Å². The summed E-state index contributed by atoms with van der Waals surface area (Å²) in [7, 11) is 0. The van der Waals surface area contributed by atoms with Crippen LogP contribution in [0.4, 0.5) is 10.5 Å². The van der Waals surface area contributed by atoms with Gasteiger partial charge >= 0.3 is 6.03 Å². The lowest BCUT2D eigenvalue weighted by Crippen LogP contribution is -2.33. The first-order chi connectivity index (χ1) is 12.0. The van der Waals surface area contributed by atoms with E-state index in [2.05, 4.69) is 25.8 Å². The van der Waals surface area contributed by atoms with Crippen molar-refractivity contribution >= 4 is 11.7 Å². The van der Waals surface area contributed by atoms with Gasteiger partial charge in [0.15, 0.2) is 5.82 Å². The number of nitrogens with zero attached hydrogens (tertiary/aromatic N) is 2. The van der Waals surface area contributed by atoms with E-state index in [-0.39, 0.29) is 18.1 Å². The fourth-order valence-electron chi connectivity index (χ4n) is 2.75. The monoisotopic (exact) mass is 343 g/mol. The molecule has 134 valence electrons. The van der Waals surface area contributed by atoms with Gasteiger partial charge in [0, 0.05) is 23.7 Å². The predicted octanol–water partition coefficient (Wildman–Crippen LogP) is 2.88. The van der Waals surface area contributed by atoms with Gasteiger partial charge in [0.1, 0.15) is 5.82 Å². The Kier molecular flexibility index (Phi) is 5.33. The third-order valence-corrected chi connectivity index (χ3v) is 4.22. The van der Waals surface area contributed by atoms with Gasteiger partial charge in [0.05, 0.1) is 6.10 Å². The molecule has 0 aliphatic heterocycles. The summed E-state index contributed by atoms with van der Waals surface area (Å²) in [6.07, 6.45) is 2.67. The van der Waals surface area contributed by atoms with Crippen LogP contribution >= 0.6 is 0 Å². The van der Waals surface area contributed by atoms with Crippen LogP contribution in [0.1, 0.15) is 44.9 Å². The standard InChI is InChI=1S/C18H25N5O2/c1-11(9-12(2)24)10-19-18(25)20-15-7-5-14(6-8-15)17-21-16(22-23-17)13-3-4-13/h5-8,11-13,24H,3-4,9-10H2,1-2H3,(H2,19,20,25)(H,21,22,23)/t11-,12+/m0/s1. The van der Waals surface area contributed by atoms with E-state index in [0.717, 1.165) is 11.4 Å². The quantitative estimate of drug-likeness (QED) is 0.620. The van der Waals surface area contributed by atoms with Crippen molar-refractivity contribution in [2.24, 2.45) is 5.92 Å². The first kappa shape index (κ1) is 17.4. The third kappa shape index (κ3) is 5.03. The molecule has 4 N–H and O–H groups in total. The molecule has 25 heavy (non-hydrogen) atoms. The molecule has 7 nitrogen and oxygen atoms in total. The van der Waals surface area contributed by atoms with Crippen LogP contribution in [0.2, 0.25) is 0 Å². The largest absolute Gasteiger partial charge is 0.393 e. The van der Waals surface area contributed by atoms with Crippen molar-refractivity contribution in [1.82, 2.24) is 20.5 Å². The number of carbonyl (C=O) groups is 1. The molecule has 1 aliphatic carbocycles. The molecular formula is C18H25N5O2. The molecule has 7 heteroatoms. The van der Waals surface area contributed by atoms with E-state index in [0.29, 0.717) is 30.4 Å². The van der Waals surface area contributed by atoms with E-state index in [4.69, 9.17) is 0 Å². The SMILES string of the molecule is C[C@H](CNC(=O)Nc1ccc(-c2n[nH]c(C3CC3)n2)cc1)C[C@@H](C)O. The van der Waals surface area contributed by atoms with Crippen LogP contribution in [0.15, 0.2) is 24.3 Å². The summed E-state index contributed by atoms with van der Waals surface area (Å²) in [5.74, 6) is 2.41. The van der Waals surface area contributed by atoms with Crippen molar-refractivity contribution in [2.45, 2.75) is 45.1 Å². The maximum Gasteiger partial charge on any atom is 0.319 e. The zero-order chi connectivity index (χ0) is 17.8. The lowest BCUT2D eigenvalue weighted by molar-refractivity contribution is 0.163. The average Bonchev–Trinajstić information content (AvgIpc) is 3.31. The number of aliphatic hydroxyl groups is 1. The third-order valence-electron chi connectivity index (χ3n) is 4.22. The molecule has 3 rings (SSSR count). The molecule has 1 aromatic carbocycles. The van der Waals surface area contributed by atoms with Crippen LogP contribution in [0, 0.1) is 5.92 Å². The summed E-state index contributed by atoms with van der Waals surface area (Å²) in [4.78, 5) is 16.4. The molecule has 1 aromatic heterocycles. The number of carbonyl (C=O) groups excluding carboxylic acids is 1. The molecule has 1 heterocycles. The van der Waals surface area contributed by atoms with Crippen LogP contribution in [0.5, 0.6) is 0 Å². The smallest absolute Gasteiger partial charge is 0.319 e. The Morgan fingerprint density at radius 3 is 2.68 bits per heavy atom. The van der Waals surface area contributed by atoms with E-state index < -0.39 is 0 Å². The minimum atomic E-state index is -0.358. The highest BCUT2D eigenvalue weighted by Gasteiger charge is 2.27. The Morgan fingerprint density at radius 1 is 1.32 bits per heavy atom. The maximum absolute atomic E-state index is 11.9. The molecule has 0 bridgehead atoms. The highest BCUT2D eigenvalue weighted by molar-refractivity contribution is 5.89. The molecule has 0 unspecified atom stereocenters. The van der Waals surface area contributed by atoms with Crippen LogP contribution in [0.25, 0.3) is 11.4 Å². The Hall–Kier alpha value is -2.41. The summed E-state index contributed by atoms with van der Waals surface area (Å²) in [5, 5.41) is 22.2. The van der Waals surface area contributed by atoms with Crippen molar-refractivity contribution in [3.05, 3.63) is 30.1 Å². The van der Waals surface area contributed by atoms with Gasteiger partial charge in [-0.3, -0.25) is 5.10 Å². The number of aliphatic hydroxyl groups excluding tert-OH is 1. The Bertz CT molecular complexity index is 707. The van der Waals surface area contributed by atoms with Crippen LogP contribution in [0.3, 0.4) is 0 Å². The second-order valence-corrected chi connectivity index (χ2v) is 6.92. The molecule has 0 saturated heterocycles. The van der Waals surface area contributed by atoms with Crippen LogP contribution in [-0.2, 0) is 0 Å². The summed E-state index contributed by atoms with van der Waals surface area (Å²) < 4.78 is 0. The predicted molar refractivity (Wildman–Crippen MR) is 96.3 cm³/mol. The zero-order valence-corrected chi connectivity index (χ0v) is 14.6. The van der Waals surface area contributed by atoms with E-state index >= 15 is 0 Å². The fourth-order valence-corrected chi connectivity index (χ4v) is 2.75. The molecule has 1 aliphatic rings. The second kappa shape index (κ2) is 7.65. The number of nitrogens with one attached hydrogen (secondary N) is 3. The number of amides is 2.